The van der Waals surface area contributed by atoms with Crippen molar-refractivity contribution in [2.24, 2.45) is 0 Å². The van der Waals surface area contributed by atoms with Crippen LogP contribution in [0.1, 0.15) is 0 Å². The van der Waals surface area contributed by atoms with Crippen LogP contribution in [0.3, 0.4) is 0 Å². The van der Waals surface area contributed by atoms with Crippen LogP contribution >= 0.6 is 23.4 Å². The van der Waals surface area contributed by atoms with Gasteiger partial charge in [0.15, 0.2) is 5.16 Å². The Morgan fingerprint density at radius 1 is 1.22 bits per heavy atom. The van der Waals surface area contributed by atoms with E-state index in [0.29, 0.717) is 15.9 Å². The SMILES string of the molecule is O=C(CSc1ncccn1)Nc1ccccc1Cl. The maximum Gasteiger partial charge on any atom is 0.234 e. The highest BCUT2D eigenvalue weighted by molar-refractivity contribution is 7.99. The summed E-state index contributed by atoms with van der Waals surface area (Å²) in [6.45, 7) is 0. The van der Waals surface area contributed by atoms with Crippen LogP contribution in [0.5, 0.6) is 0 Å². The van der Waals surface area contributed by atoms with Gasteiger partial charge in [-0.25, -0.2) is 9.97 Å². The molecule has 1 amide bonds. The molecule has 1 aromatic carbocycles. The molecule has 6 heteroatoms. The van der Waals surface area contributed by atoms with E-state index in [9.17, 15) is 4.79 Å². The Hall–Kier alpha value is -1.59. The molecule has 1 aromatic heterocycles. The first kappa shape index (κ1) is 12.9. The Labute approximate surface area is 114 Å². The summed E-state index contributed by atoms with van der Waals surface area (Å²) < 4.78 is 0. The van der Waals surface area contributed by atoms with Crippen LogP contribution in [-0.4, -0.2) is 21.6 Å². The van der Waals surface area contributed by atoms with E-state index in [0.717, 1.165) is 0 Å². The second-order valence-corrected chi connectivity index (χ2v) is 4.70. The summed E-state index contributed by atoms with van der Waals surface area (Å²) >= 11 is 7.22. The van der Waals surface area contributed by atoms with E-state index in [1.54, 1.807) is 30.6 Å². The number of aromatic nitrogens is 2. The molecule has 0 saturated heterocycles. The van der Waals surface area contributed by atoms with Crippen LogP contribution in [0.4, 0.5) is 5.69 Å². The maximum atomic E-state index is 11.7. The number of nitrogens with one attached hydrogen (secondary N) is 1. The third kappa shape index (κ3) is 3.72. The van der Waals surface area contributed by atoms with Crippen molar-refractivity contribution >= 4 is 35.0 Å². The summed E-state index contributed by atoms with van der Waals surface area (Å²) in [6, 6.07) is 8.84. The second kappa shape index (κ2) is 6.37. The first-order valence-corrected chi connectivity index (χ1v) is 6.56. The Kier molecular flexibility index (Phi) is 4.55. The molecule has 0 bridgehead atoms. The minimum atomic E-state index is -0.138. The molecule has 0 spiro atoms. The molecule has 0 aliphatic rings. The van der Waals surface area contributed by atoms with Gasteiger partial charge in [0.25, 0.3) is 0 Å². The Bertz CT molecular complexity index is 536. The van der Waals surface area contributed by atoms with Crippen LogP contribution in [0.15, 0.2) is 47.9 Å². The van der Waals surface area contributed by atoms with Crippen molar-refractivity contribution in [3.8, 4) is 0 Å². The van der Waals surface area contributed by atoms with Crippen LogP contribution < -0.4 is 5.32 Å². The number of benzene rings is 1. The highest BCUT2D eigenvalue weighted by Gasteiger charge is 2.06. The fourth-order valence-corrected chi connectivity index (χ4v) is 2.03. The summed E-state index contributed by atoms with van der Waals surface area (Å²) in [6.07, 6.45) is 3.28. The lowest BCUT2D eigenvalue weighted by atomic mass is 10.3. The van der Waals surface area contributed by atoms with Crippen molar-refractivity contribution in [2.45, 2.75) is 5.16 Å². The van der Waals surface area contributed by atoms with E-state index in [4.69, 9.17) is 11.6 Å². The minimum absolute atomic E-state index is 0.138. The van der Waals surface area contributed by atoms with Crippen molar-refractivity contribution in [1.82, 2.24) is 9.97 Å². The van der Waals surface area contributed by atoms with Crippen LogP contribution in [0.25, 0.3) is 0 Å². The van der Waals surface area contributed by atoms with E-state index in [1.165, 1.54) is 11.8 Å². The summed E-state index contributed by atoms with van der Waals surface area (Å²) in [7, 11) is 0. The first-order valence-electron chi connectivity index (χ1n) is 5.20. The van der Waals surface area contributed by atoms with E-state index in [2.05, 4.69) is 15.3 Å². The lowest BCUT2D eigenvalue weighted by Crippen LogP contribution is -2.14. The molecule has 92 valence electrons. The fourth-order valence-electron chi connectivity index (χ4n) is 1.24. The van der Waals surface area contributed by atoms with Gasteiger partial charge in [-0.3, -0.25) is 4.79 Å². The minimum Gasteiger partial charge on any atom is -0.324 e. The van der Waals surface area contributed by atoms with E-state index in [1.807, 2.05) is 12.1 Å². The number of para-hydroxylation sites is 1. The van der Waals surface area contributed by atoms with E-state index >= 15 is 0 Å². The van der Waals surface area contributed by atoms with Gasteiger partial charge in [-0.1, -0.05) is 35.5 Å². The van der Waals surface area contributed by atoms with Gasteiger partial charge in [0, 0.05) is 12.4 Å². The third-order valence-corrected chi connectivity index (χ3v) is 3.23. The monoisotopic (exact) mass is 279 g/mol. The largest absolute Gasteiger partial charge is 0.324 e. The smallest absolute Gasteiger partial charge is 0.234 e. The number of halogens is 1. The predicted molar refractivity (Wildman–Crippen MR) is 72.8 cm³/mol. The van der Waals surface area contributed by atoms with Crippen molar-refractivity contribution in [1.29, 1.82) is 0 Å². The normalized spacial score (nSPS) is 10.1. The zero-order chi connectivity index (χ0) is 12.8. The quantitative estimate of drug-likeness (QED) is 0.691. The zero-order valence-corrected chi connectivity index (χ0v) is 10.9. The highest BCUT2D eigenvalue weighted by atomic mass is 35.5. The van der Waals surface area contributed by atoms with Gasteiger partial charge in [-0.2, -0.15) is 0 Å². The summed E-state index contributed by atoms with van der Waals surface area (Å²) in [5.41, 5.74) is 0.610. The van der Waals surface area contributed by atoms with Crippen molar-refractivity contribution in [3.05, 3.63) is 47.7 Å². The standard InChI is InChI=1S/C12H10ClN3OS/c13-9-4-1-2-5-10(9)16-11(17)8-18-12-14-6-3-7-15-12/h1-7H,8H2,(H,16,17). The zero-order valence-electron chi connectivity index (χ0n) is 9.34. The molecule has 0 aliphatic heterocycles. The number of anilines is 1. The summed E-state index contributed by atoms with van der Waals surface area (Å²) in [5, 5.41) is 3.83. The molecule has 2 rings (SSSR count). The molecule has 0 unspecified atom stereocenters. The Balaban J connectivity index is 1.88. The average molecular weight is 280 g/mol. The molecule has 0 aliphatic carbocycles. The van der Waals surface area contributed by atoms with Gasteiger partial charge in [0.2, 0.25) is 5.91 Å². The van der Waals surface area contributed by atoms with E-state index in [-0.39, 0.29) is 11.7 Å². The number of thioether (sulfide) groups is 1. The number of carbonyl (C=O) groups excluding carboxylic acids is 1. The number of carbonyl (C=O) groups is 1. The molecule has 4 nitrogen and oxygen atoms in total. The van der Waals surface area contributed by atoms with Gasteiger partial charge in [0.1, 0.15) is 0 Å². The topological polar surface area (TPSA) is 54.9 Å². The highest BCUT2D eigenvalue weighted by Crippen LogP contribution is 2.21. The average Bonchev–Trinajstić information content (AvgIpc) is 2.40. The lowest BCUT2D eigenvalue weighted by molar-refractivity contribution is -0.113. The van der Waals surface area contributed by atoms with Crippen molar-refractivity contribution in [2.75, 3.05) is 11.1 Å². The van der Waals surface area contributed by atoms with Crippen LogP contribution in [-0.2, 0) is 4.79 Å². The maximum absolute atomic E-state index is 11.7. The molecule has 1 N–H and O–H groups in total. The van der Waals surface area contributed by atoms with E-state index < -0.39 is 0 Å². The number of hydrogen-bond acceptors (Lipinski definition) is 4. The predicted octanol–water partition coefficient (Wildman–Crippen LogP) is 2.86. The van der Waals surface area contributed by atoms with Gasteiger partial charge >= 0.3 is 0 Å². The van der Waals surface area contributed by atoms with Crippen molar-refractivity contribution in [3.63, 3.8) is 0 Å². The molecule has 0 saturated carbocycles. The van der Waals surface area contributed by atoms with Gasteiger partial charge < -0.3 is 5.32 Å². The number of nitrogens with zero attached hydrogens (tertiary/aromatic N) is 2. The molecule has 0 atom stereocenters. The number of hydrogen-bond donors (Lipinski definition) is 1. The van der Waals surface area contributed by atoms with Gasteiger partial charge in [-0.05, 0) is 18.2 Å². The second-order valence-electron chi connectivity index (χ2n) is 3.35. The molecule has 2 aromatic rings. The summed E-state index contributed by atoms with van der Waals surface area (Å²) in [5.74, 6) is 0.107. The van der Waals surface area contributed by atoms with Gasteiger partial charge in [-0.15, -0.1) is 0 Å². The number of rotatable bonds is 4. The number of amides is 1. The molecular formula is C12H10ClN3OS. The molecule has 18 heavy (non-hydrogen) atoms. The first-order chi connectivity index (χ1) is 8.75. The molecule has 0 radical (unpaired) electrons. The fraction of sp³-hybridized carbons (Fsp3) is 0.0833. The Morgan fingerprint density at radius 2 is 1.94 bits per heavy atom. The van der Waals surface area contributed by atoms with Crippen molar-refractivity contribution < 1.29 is 4.79 Å². The molecular weight excluding hydrogens is 270 g/mol. The van der Waals surface area contributed by atoms with Crippen LogP contribution in [0.2, 0.25) is 5.02 Å². The third-order valence-electron chi connectivity index (χ3n) is 2.02. The Morgan fingerprint density at radius 3 is 2.67 bits per heavy atom. The molecule has 1 heterocycles. The molecule has 0 fully saturated rings. The summed E-state index contributed by atoms with van der Waals surface area (Å²) in [4.78, 5) is 19.7. The van der Waals surface area contributed by atoms with Crippen LogP contribution in [0, 0.1) is 0 Å². The van der Waals surface area contributed by atoms with Gasteiger partial charge in [0.05, 0.1) is 16.5 Å². The lowest BCUT2D eigenvalue weighted by Gasteiger charge is -2.05.